The first-order chi connectivity index (χ1) is 9.63. The number of aliphatic carboxylic acids is 1. The zero-order chi connectivity index (χ0) is 14.1. The molecule has 20 heavy (non-hydrogen) atoms. The van der Waals surface area contributed by atoms with Crippen molar-refractivity contribution in [1.29, 1.82) is 0 Å². The summed E-state index contributed by atoms with van der Waals surface area (Å²) in [6.07, 6.45) is 3.33. The van der Waals surface area contributed by atoms with Gasteiger partial charge in [-0.15, -0.1) is 11.3 Å². The predicted octanol–water partition coefficient (Wildman–Crippen LogP) is 3.89. The van der Waals surface area contributed by atoms with Crippen molar-refractivity contribution in [3.8, 4) is 0 Å². The normalized spacial score (nSPS) is 17.8. The topological polar surface area (TPSA) is 50.2 Å². The number of benzene rings is 1. The number of thiazole rings is 1. The second-order valence-electron chi connectivity index (χ2n) is 5.00. The van der Waals surface area contributed by atoms with Gasteiger partial charge in [0.1, 0.15) is 0 Å². The van der Waals surface area contributed by atoms with Crippen LogP contribution in [0, 0.1) is 0 Å². The van der Waals surface area contributed by atoms with E-state index in [1.807, 2.05) is 24.3 Å². The molecule has 1 aromatic heterocycles. The number of rotatable bonds is 3. The largest absolute Gasteiger partial charge is 0.481 e. The SMILES string of the molecule is O=C(O)C1CCCc2sc(Cc3ccc(Cl)cc3)nc21. The van der Waals surface area contributed by atoms with E-state index in [1.54, 1.807) is 11.3 Å². The second kappa shape index (κ2) is 5.54. The van der Waals surface area contributed by atoms with E-state index in [4.69, 9.17) is 11.6 Å². The molecular weight excluding hydrogens is 294 g/mol. The quantitative estimate of drug-likeness (QED) is 0.936. The van der Waals surface area contributed by atoms with Gasteiger partial charge in [0.15, 0.2) is 0 Å². The molecule has 1 atom stereocenters. The van der Waals surface area contributed by atoms with Gasteiger partial charge in [0.05, 0.1) is 16.6 Å². The van der Waals surface area contributed by atoms with Gasteiger partial charge in [-0.3, -0.25) is 4.79 Å². The lowest BCUT2D eigenvalue weighted by atomic mass is 9.91. The van der Waals surface area contributed by atoms with Gasteiger partial charge < -0.3 is 5.11 Å². The van der Waals surface area contributed by atoms with Crippen molar-refractivity contribution >= 4 is 28.9 Å². The van der Waals surface area contributed by atoms with Crippen LogP contribution in [0.3, 0.4) is 0 Å². The van der Waals surface area contributed by atoms with Crippen LogP contribution in [0.2, 0.25) is 5.02 Å². The lowest BCUT2D eigenvalue weighted by Crippen LogP contribution is -2.17. The van der Waals surface area contributed by atoms with Crippen LogP contribution in [0.25, 0.3) is 0 Å². The number of carboxylic acid groups (broad SMARTS) is 1. The zero-order valence-electron chi connectivity index (χ0n) is 10.8. The maximum atomic E-state index is 11.3. The van der Waals surface area contributed by atoms with Crippen molar-refractivity contribution in [2.24, 2.45) is 0 Å². The molecule has 1 aromatic carbocycles. The molecule has 0 bridgehead atoms. The van der Waals surface area contributed by atoms with Crippen LogP contribution in [0.4, 0.5) is 0 Å². The molecule has 0 spiro atoms. The third-order valence-corrected chi connectivity index (χ3v) is 4.95. The predicted molar refractivity (Wildman–Crippen MR) is 79.7 cm³/mol. The Morgan fingerprint density at radius 1 is 1.40 bits per heavy atom. The average molecular weight is 308 g/mol. The Balaban J connectivity index is 1.85. The van der Waals surface area contributed by atoms with Gasteiger partial charge in [-0.1, -0.05) is 23.7 Å². The van der Waals surface area contributed by atoms with Crippen LogP contribution in [0.15, 0.2) is 24.3 Å². The summed E-state index contributed by atoms with van der Waals surface area (Å²) in [5.41, 5.74) is 1.94. The highest BCUT2D eigenvalue weighted by atomic mass is 35.5. The molecule has 3 rings (SSSR count). The molecule has 3 nitrogen and oxygen atoms in total. The second-order valence-corrected chi connectivity index (χ2v) is 6.61. The molecule has 0 saturated carbocycles. The molecule has 0 aliphatic heterocycles. The maximum Gasteiger partial charge on any atom is 0.312 e. The van der Waals surface area contributed by atoms with Gasteiger partial charge in [-0.2, -0.15) is 0 Å². The lowest BCUT2D eigenvalue weighted by Gasteiger charge is -2.16. The highest BCUT2D eigenvalue weighted by molar-refractivity contribution is 7.11. The fraction of sp³-hybridized carbons (Fsp3) is 0.333. The average Bonchev–Trinajstić information content (AvgIpc) is 2.83. The number of fused-ring (bicyclic) bond motifs is 1. The highest BCUT2D eigenvalue weighted by Crippen LogP contribution is 2.35. The molecule has 1 unspecified atom stereocenters. The summed E-state index contributed by atoms with van der Waals surface area (Å²) in [5, 5.41) is 11.0. The number of hydrogen-bond acceptors (Lipinski definition) is 3. The third-order valence-electron chi connectivity index (χ3n) is 3.57. The van der Waals surface area contributed by atoms with E-state index < -0.39 is 11.9 Å². The van der Waals surface area contributed by atoms with E-state index in [-0.39, 0.29) is 0 Å². The molecule has 0 radical (unpaired) electrons. The molecule has 1 aliphatic rings. The van der Waals surface area contributed by atoms with Crippen molar-refractivity contribution in [3.63, 3.8) is 0 Å². The highest BCUT2D eigenvalue weighted by Gasteiger charge is 2.29. The molecular formula is C15H14ClNO2S. The van der Waals surface area contributed by atoms with E-state index in [2.05, 4.69) is 4.98 Å². The fourth-order valence-corrected chi connectivity index (χ4v) is 3.89. The van der Waals surface area contributed by atoms with Crippen molar-refractivity contribution in [1.82, 2.24) is 4.98 Å². The minimum Gasteiger partial charge on any atom is -0.481 e. The summed E-state index contributed by atoms with van der Waals surface area (Å²) < 4.78 is 0. The van der Waals surface area contributed by atoms with E-state index >= 15 is 0 Å². The van der Waals surface area contributed by atoms with Crippen LogP contribution in [-0.4, -0.2) is 16.1 Å². The Labute approximate surface area is 126 Å². The molecule has 0 fully saturated rings. The standard InChI is InChI=1S/C15H14ClNO2S/c16-10-6-4-9(5-7-10)8-13-17-14-11(15(18)19)2-1-3-12(14)20-13/h4-7,11H,1-3,8H2,(H,18,19). The molecule has 0 saturated heterocycles. The van der Waals surface area contributed by atoms with Crippen molar-refractivity contribution in [2.45, 2.75) is 31.6 Å². The van der Waals surface area contributed by atoms with Crippen LogP contribution in [0.5, 0.6) is 0 Å². The van der Waals surface area contributed by atoms with Gasteiger partial charge in [0.2, 0.25) is 0 Å². The summed E-state index contributed by atoms with van der Waals surface area (Å²) in [4.78, 5) is 17.0. The Hall–Kier alpha value is -1.39. The zero-order valence-corrected chi connectivity index (χ0v) is 12.4. The molecule has 0 amide bonds. The molecule has 1 heterocycles. The minimum atomic E-state index is -0.755. The Morgan fingerprint density at radius 3 is 2.85 bits per heavy atom. The summed E-state index contributed by atoms with van der Waals surface area (Å²) in [5.74, 6) is -1.18. The van der Waals surface area contributed by atoms with Crippen molar-refractivity contribution in [2.75, 3.05) is 0 Å². The van der Waals surface area contributed by atoms with Gasteiger partial charge in [0, 0.05) is 16.3 Å². The lowest BCUT2D eigenvalue weighted by molar-refractivity contribution is -0.139. The fourth-order valence-electron chi connectivity index (χ4n) is 2.56. The number of carboxylic acids is 1. The van der Waals surface area contributed by atoms with E-state index in [9.17, 15) is 9.90 Å². The third kappa shape index (κ3) is 2.72. The molecule has 1 N–H and O–H groups in total. The summed E-state index contributed by atoms with van der Waals surface area (Å²) in [7, 11) is 0. The first-order valence-corrected chi connectivity index (χ1v) is 7.78. The van der Waals surface area contributed by atoms with E-state index in [1.165, 1.54) is 0 Å². The molecule has 2 aromatic rings. The van der Waals surface area contributed by atoms with Crippen LogP contribution >= 0.6 is 22.9 Å². The maximum absolute atomic E-state index is 11.3. The molecule has 5 heteroatoms. The Kier molecular flexibility index (Phi) is 3.76. The van der Waals surface area contributed by atoms with Crippen molar-refractivity contribution in [3.05, 3.63) is 50.4 Å². The summed E-state index contributed by atoms with van der Waals surface area (Å²) in [6.45, 7) is 0. The van der Waals surface area contributed by atoms with Crippen LogP contribution in [-0.2, 0) is 17.6 Å². The monoisotopic (exact) mass is 307 g/mol. The minimum absolute atomic E-state index is 0.422. The van der Waals surface area contributed by atoms with Crippen LogP contribution < -0.4 is 0 Å². The van der Waals surface area contributed by atoms with E-state index in [0.717, 1.165) is 45.4 Å². The van der Waals surface area contributed by atoms with Crippen molar-refractivity contribution < 1.29 is 9.90 Å². The van der Waals surface area contributed by atoms with Gasteiger partial charge in [-0.25, -0.2) is 4.98 Å². The summed E-state index contributed by atoms with van der Waals surface area (Å²) >= 11 is 7.52. The first-order valence-electron chi connectivity index (χ1n) is 6.59. The number of aryl methyl sites for hydroxylation is 1. The number of halogens is 1. The van der Waals surface area contributed by atoms with Gasteiger partial charge in [-0.05, 0) is 37.0 Å². The molecule has 1 aliphatic carbocycles. The number of nitrogens with zero attached hydrogens (tertiary/aromatic N) is 1. The Bertz CT molecular complexity index is 636. The van der Waals surface area contributed by atoms with E-state index in [0.29, 0.717) is 6.42 Å². The van der Waals surface area contributed by atoms with Gasteiger partial charge in [0.25, 0.3) is 0 Å². The molecule has 104 valence electrons. The van der Waals surface area contributed by atoms with Gasteiger partial charge >= 0.3 is 5.97 Å². The number of aromatic nitrogens is 1. The smallest absolute Gasteiger partial charge is 0.312 e. The first kappa shape index (κ1) is 13.6. The number of carbonyl (C=O) groups is 1. The summed E-state index contributed by atoms with van der Waals surface area (Å²) in [6, 6.07) is 7.70. The van der Waals surface area contributed by atoms with Crippen LogP contribution in [0.1, 0.15) is 39.9 Å². The Morgan fingerprint density at radius 2 is 2.15 bits per heavy atom. The number of hydrogen-bond donors (Lipinski definition) is 1.